The van der Waals surface area contributed by atoms with Gasteiger partial charge in [0.05, 0.1) is 38.2 Å². The molecule has 0 unspecified atom stereocenters. The Morgan fingerprint density at radius 2 is 0.683 bits per heavy atom. The molecule has 0 spiro atoms. The van der Waals surface area contributed by atoms with Gasteiger partial charge in [-0.3, -0.25) is 0 Å². The van der Waals surface area contributed by atoms with Crippen molar-refractivity contribution in [3.05, 3.63) is 157 Å². The summed E-state index contributed by atoms with van der Waals surface area (Å²) < 4.78 is 34.3. The standard InChI is InChI=1S/C54H50N4O4S/c1-53(2)29-59-51(60-30-53)37-9-5-33(6-10-37)39-23-41(35-13-17-45(55)18-14-35)27-43(25-39)47-21-22-48(50-49(47)57-63-58-50)44-26-40(24-42(28-44)36-15-19-46(56)20-16-36)34-7-11-38(12-8-34)52-61-31-54(3,4)32-62-52/h5-28,51-52H,29-32,55-56H2,1-4H3. The smallest absolute Gasteiger partial charge is 0.183 e. The van der Waals surface area contributed by atoms with Gasteiger partial charge >= 0.3 is 0 Å². The number of fused-ring (bicyclic) bond motifs is 1. The van der Waals surface area contributed by atoms with E-state index < -0.39 is 0 Å². The molecule has 2 aliphatic heterocycles. The molecule has 10 rings (SSSR count). The molecule has 2 saturated heterocycles. The van der Waals surface area contributed by atoms with Crippen LogP contribution in [-0.4, -0.2) is 35.2 Å². The molecule has 0 aliphatic carbocycles. The molecule has 0 saturated carbocycles. The van der Waals surface area contributed by atoms with Crippen LogP contribution in [0.3, 0.4) is 0 Å². The first kappa shape index (κ1) is 40.8. The van der Waals surface area contributed by atoms with E-state index in [2.05, 4.69) is 149 Å². The van der Waals surface area contributed by atoms with E-state index in [0.717, 1.165) is 100 Å². The van der Waals surface area contributed by atoms with E-state index in [1.54, 1.807) is 0 Å². The minimum absolute atomic E-state index is 0.00235. The molecule has 7 aromatic carbocycles. The first-order chi connectivity index (χ1) is 30.4. The molecule has 1 aromatic heterocycles. The molecule has 8 aromatic rings. The third-order valence-corrected chi connectivity index (χ3v) is 12.5. The lowest BCUT2D eigenvalue weighted by Gasteiger charge is -2.34. The molecule has 0 radical (unpaired) electrons. The largest absolute Gasteiger partial charge is 0.399 e. The zero-order valence-electron chi connectivity index (χ0n) is 35.9. The molecule has 4 N–H and O–H groups in total. The lowest BCUT2D eigenvalue weighted by molar-refractivity contribution is -0.226. The van der Waals surface area contributed by atoms with Gasteiger partial charge in [-0.05, 0) is 116 Å². The van der Waals surface area contributed by atoms with Crippen LogP contribution in [-0.2, 0) is 18.9 Å². The number of hydrogen-bond donors (Lipinski definition) is 2. The van der Waals surface area contributed by atoms with Gasteiger partial charge in [0, 0.05) is 44.5 Å². The van der Waals surface area contributed by atoms with Crippen molar-refractivity contribution < 1.29 is 18.9 Å². The Kier molecular flexibility index (Phi) is 10.7. The van der Waals surface area contributed by atoms with E-state index >= 15 is 0 Å². The average Bonchev–Trinajstić information content (AvgIpc) is 3.80. The number of nitrogen functional groups attached to an aromatic ring is 2. The summed E-state index contributed by atoms with van der Waals surface area (Å²) in [5, 5.41) is 0. The Hall–Kier alpha value is -6.20. The van der Waals surface area contributed by atoms with Gasteiger partial charge in [0.2, 0.25) is 0 Å². The lowest BCUT2D eigenvalue weighted by atomic mass is 9.90. The van der Waals surface area contributed by atoms with E-state index in [1.807, 2.05) is 24.3 Å². The van der Waals surface area contributed by atoms with Gasteiger partial charge in [0.25, 0.3) is 0 Å². The zero-order valence-corrected chi connectivity index (χ0v) is 36.7. The highest BCUT2D eigenvalue weighted by Gasteiger charge is 2.30. The number of benzene rings is 7. The maximum Gasteiger partial charge on any atom is 0.183 e. The monoisotopic (exact) mass is 850 g/mol. The Morgan fingerprint density at radius 3 is 1.00 bits per heavy atom. The predicted molar refractivity (Wildman–Crippen MR) is 256 cm³/mol. The normalized spacial score (nSPS) is 16.6. The second kappa shape index (κ2) is 16.5. The summed E-state index contributed by atoms with van der Waals surface area (Å²) >= 11 is 1.23. The third-order valence-electron chi connectivity index (χ3n) is 11.9. The Balaban J connectivity index is 1.04. The van der Waals surface area contributed by atoms with E-state index in [-0.39, 0.29) is 23.4 Å². The number of nitrogens with zero attached hydrogens (tertiary/aromatic N) is 2. The second-order valence-corrected chi connectivity index (χ2v) is 19.0. The number of nitrogens with two attached hydrogens (primary N) is 2. The van der Waals surface area contributed by atoms with Crippen molar-refractivity contribution in [2.24, 2.45) is 10.8 Å². The van der Waals surface area contributed by atoms with Crippen LogP contribution in [0.15, 0.2) is 146 Å². The van der Waals surface area contributed by atoms with Crippen LogP contribution >= 0.6 is 11.7 Å². The number of aromatic nitrogens is 2. The van der Waals surface area contributed by atoms with Crippen LogP contribution in [0.1, 0.15) is 51.4 Å². The fourth-order valence-corrected chi connectivity index (χ4v) is 8.93. The van der Waals surface area contributed by atoms with Crippen LogP contribution < -0.4 is 11.5 Å². The van der Waals surface area contributed by atoms with Crippen molar-refractivity contribution in [1.29, 1.82) is 0 Å². The maximum atomic E-state index is 6.13. The molecule has 316 valence electrons. The molecule has 63 heavy (non-hydrogen) atoms. The van der Waals surface area contributed by atoms with E-state index in [4.69, 9.17) is 39.2 Å². The topological polar surface area (TPSA) is 115 Å². The third kappa shape index (κ3) is 8.63. The molecule has 0 atom stereocenters. The van der Waals surface area contributed by atoms with Crippen molar-refractivity contribution in [1.82, 2.24) is 8.75 Å². The van der Waals surface area contributed by atoms with E-state index in [1.165, 1.54) is 11.7 Å². The number of rotatable bonds is 8. The molecule has 0 bridgehead atoms. The summed E-state index contributed by atoms with van der Waals surface area (Å²) in [5.41, 5.74) is 30.1. The van der Waals surface area contributed by atoms with Crippen molar-refractivity contribution >= 4 is 34.1 Å². The van der Waals surface area contributed by atoms with Gasteiger partial charge in [-0.25, -0.2) is 0 Å². The molecule has 9 heteroatoms. The van der Waals surface area contributed by atoms with Crippen molar-refractivity contribution in [2.45, 2.75) is 40.3 Å². The summed E-state index contributed by atoms with van der Waals surface area (Å²) in [6.45, 7) is 11.2. The summed E-state index contributed by atoms with van der Waals surface area (Å²) in [6.07, 6.45) is -0.748. The van der Waals surface area contributed by atoms with Gasteiger partial charge in [0.15, 0.2) is 12.6 Å². The fraction of sp³-hybridized carbons (Fsp3) is 0.222. The molecule has 8 nitrogen and oxygen atoms in total. The van der Waals surface area contributed by atoms with Crippen LogP contribution in [0.4, 0.5) is 11.4 Å². The lowest BCUT2D eigenvalue weighted by Crippen LogP contribution is -2.33. The van der Waals surface area contributed by atoms with Gasteiger partial charge in [-0.15, -0.1) is 0 Å². The molecule has 2 fully saturated rings. The quantitative estimate of drug-likeness (QED) is 0.145. The predicted octanol–water partition coefficient (Wildman–Crippen LogP) is 13.0. The van der Waals surface area contributed by atoms with E-state index in [0.29, 0.717) is 26.4 Å². The number of anilines is 2. The van der Waals surface area contributed by atoms with Crippen molar-refractivity contribution in [2.75, 3.05) is 37.9 Å². The van der Waals surface area contributed by atoms with Crippen LogP contribution in [0.2, 0.25) is 0 Å². The van der Waals surface area contributed by atoms with Gasteiger partial charge in [0.1, 0.15) is 11.0 Å². The van der Waals surface area contributed by atoms with Crippen LogP contribution in [0.5, 0.6) is 0 Å². The second-order valence-electron chi connectivity index (χ2n) is 18.4. The minimum Gasteiger partial charge on any atom is -0.399 e. The summed E-state index contributed by atoms with van der Waals surface area (Å²) in [4.78, 5) is 0. The highest BCUT2D eigenvalue weighted by molar-refractivity contribution is 7.00. The Labute approximate surface area is 372 Å². The first-order valence-electron chi connectivity index (χ1n) is 21.4. The Bertz CT molecular complexity index is 2710. The molecule has 2 aliphatic rings. The Morgan fingerprint density at radius 1 is 0.397 bits per heavy atom. The zero-order chi connectivity index (χ0) is 43.3. The highest BCUT2D eigenvalue weighted by atomic mass is 32.1. The molecular weight excluding hydrogens is 801 g/mol. The molecule has 3 heterocycles. The maximum absolute atomic E-state index is 6.13. The van der Waals surface area contributed by atoms with Crippen molar-refractivity contribution in [3.63, 3.8) is 0 Å². The number of hydrogen-bond acceptors (Lipinski definition) is 9. The first-order valence-corrected chi connectivity index (χ1v) is 22.1. The van der Waals surface area contributed by atoms with Gasteiger partial charge in [-0.2, -0.15) is 8.75 Å². The van der Waals surface area contributed by atoms with E-state index in [9.17, 15) is 0 Å². The summed E-state index contributed by atoms with van der Waals surface area (Å²) in [5.74, 6) is 0. The van der Waals surface area contributed by atoms with Crippen LogP contribution in [0, 0.1) is 10.8 Å². The molecular formula is C54H50N4O4S. The minimum atomic E-state index is -0.374. The van der Waals surface area contributed by atoms with Crippen LogP contribution in [0.25, 0.3) is 77.8 Å². The highest BCUT2D eigenvalue weighted by Crippen LogP contribution is 2.42. The van der Waals surface area contributed by atoms with Gasteiger partial charge < -0.3 is 30.4 Å². The van der Waals surface area contributed by atoms with Crippen molar-refractivity contribution in [3.8, 4) is 66.8 Å². The van der Waals surface area contributed by atoms with Gasteiger partial charge in [-0.1, -0.05) is 113 Å². The summed E-state index contributed by atoms with van der Waals surface area (Å²) in [6, 6.07) is 50.9. The number of ether oxygens (including phenoxy) is 4. The SMILES string of the molecule is CC1(C)COC(c2ccc(-c3cc(-c4ccc(N)cc4)cc(-c4ccc(-c5cc(-c6ccc(N)cc6)cc(-c6ccc(C7OCC(C)(C)CO7)cc6)c5)c5nsnc45)c3)cc2)OC1. The average molecular weight is 851 g/mol. The fourth-order valence-electron chi connectivity index (χ4n) is 8.35. The summed E-state index contributed by atoms with van der Waals surface area (Å²) in [7, 11) is 0. The molecule has 0 amide bonds.